The molecule has 0 aliphatic heterocycles. The lowest BCUT2D eigenvalue weighted by Crippen LogP contribution is -2.17. The van der Waals surface area contributed by atoms with Crippen LogP contribution in [0.25, 0.3) is 0 Å². The molecular weight excluding hydrogens is 232 g/mol. The lowest BCUT2D eigenvalue weighted by Gasteiger charge is -2.09. The van der Waals surface area contributed by atoms with E-state index in [2.05, 4.69) is 0 Å². The van der Waals surface area contributed by atoms with Crippen molar-refractivity contribution in [2.24, 2.45) is 0 Å². The van der Waals surface area contributed by atoms with Crippen LogP contribution in [0, 0.1) is 0 Å². The van der Waals surface area contributed by atoms with E-state index in [1.54, 1.807) is 26.0 Å². The van der Waals surface area contributed by atoms with Gasteiger partial charge in [-0.05, 0) is 33.3 Å². The summed E-state index contributed by atoms with van der Waals surface area (Å²) in [5.41, 5.74) is 1.60. The van der Waals surface area contributed by atoms with Gasteiger partial charge in [0.05, 0.1) is 24.4 Å². The zero-order chi connectivity index (χ0) is 13.5. The average Bonchev–Trinajstić information content (AvgIpc) is 2.52. The van der Waals surface area contributed by atoms with Gasteiger partial charge in [-0.15, -0.1) is 0 Å². The highest BCUT2D eigenvalue weighted by molar-refractivity contribution is 6.07. The SMILES string of the molecule is CCOC(=O)C1=CC=C(C)CC=C1C(=O)OCC. The quantitative estimate of drug-likeness (QED) is 0.718. The first kappa shape index (κ1) is 14.2. The maximum absolute atomic E-state index is 11.8. The normalized spacial score (nSPS) is 14.9. The van der Waals surface area contributed by atoms with Crippen LogP contribution in [-0.4, -0.2) is 25.2 Å². The summed E-state index contributed by atoms with van der Waals surface area (Å²) in [6, 6.07) is 0. The highest BCUT2D eigenvalue weighted by atomic mass is 16.5. The van der Waals surface area contributed by atoms with Crippen molar-refractivity contribution in [1.82, 2.24) is 0 Å². The molecule has 0 aromatic rings. The molecule has 0 bridgehead atoms. The molecule has 4 heteroatoms. The van der Waals surface area contributed by atoms with Gasteiger partial charge in [-0.25, -0.2) is 9.59 Å². The van der Waals surface area contributed by atoms with Crippen LogP contribution < -0.4 is 0 Å². The molecule has 0 amide bonds. The number of esters is 2. The third-order valence-corrected chi connectivity index (χ3v) is 2.44. The molecule has 0 heterocycles. The predicted molar refractivity (Wildman–Crippen MR) is 67.8 cm³/mol. The zero-order valence-corrected chi connectivity index (χ0v) is 11.0. The molecule has 1 aliphatic rings. The summed E-state index contributed by atoms with van der Waals surface area (Å²) in [6.45, 7) is 5.94. The van der Waals surface area contributed by atoms with E-state index in [0.717, 1.165) is 5.57 Å². The second-order valence-corrected chi connectivity index (χ2v) is 3.86. The standard InChI is InChI=1S/C14H18O4/c1-4-17-13(15)11-8-6-10(3)7-9-12(11)14(16)18-5-2/h6,8-9H,4-5,7H2,1-3H3. The smallest absolute Gasteiger partial charge is 0.338 e. The highest BCUT2D eigenvalue weighted by Gasteiger charge is 2.23. The van der Waals surface area contributed by atoms with E-state index in [4.69, 9.17) is 9.47 Å². The van der Waals surface area contributed by atoms with Gasteiger partial charge in [0, 0.05) is 0 Å². The summed E-state index contributed by atoms with van der Waals surface area (Å²) < 4.78 is 9.90. The van der Waals surface area contributed by atoms with Crippen LogP contribution in [0.3, 0.4) is 0 Å². The molecule has 1 rings (SSSR count). The molecule has 18 heavy (non-hydrogen) atoms. The number of carbonyl (C=O) groups excluding carboxylic acids is 2. The third kappa shape index (κ3) is 3.58. The van der Waals surface area contributed by atoms with E-state index >= 15 is 0 Å². The van der Waals surface area contributed by atoms with E-state index in [0.29, 0.717) is 6.42 Å². The van der Waals surface area contributed by atoms with Gasteiger partial charge in [0.1, 0.15) is 0 Å². The van der Waals surface area contributed by atoms with Gasteiger partial charge in [0.15, 0.2) is 0 Å². The molecule has 4 nitrogen and oxygen atoms in total. The Morgan fingerprint density at radius 1 is 1.06 bits per heavy atom. The minimum Gasteiger partial charge on any atom is -0.462 e. The number of rotatable bonds is 4. The second-order valence-electron chi connectivity index (χ2n) is 3.86. The first-order valence-electron chi connectivity index (χ1n) is 6.02. The van der Waals surface area contributed by atoms with Crippen LogP contribution in [0.4, 0.5) is 0 Å². The second kappa shape index (κ2) is 6.79. The summed E-state index contributed by atoms with van der Waals surface area (Å²) in [5.74, 6) is -0.984. The number of carbonyl (C=O) groups is 2. The van der Waals surface area contributed by atoms with Gasteiger partial charge < -0.3 is 9.47 Å². The highest BCUT2D eigenvalue weighted by Crippen LogP contribution is 2.20. The fourth-order valence-corrected chi connectivity index (χ4v) is 1.55. The van der Waals surface area contributed by atoms with Crippen molar-refractivity contribution in [3.63, 3.8) is 0 Å². The van der Waals surface area contributed by atoms with E-state index in [1.165, 1.54) is 0 Å². The van der Waals surface area contributed by atoms with Crippen molar-refractivity contribution >= 4 is 11.9 Å². The molecule has 0 atom stereocenters. The number of ether oxygens (including phenoxy) is 2. The van der Waals surface area contributed by atoms with Crippen LogP contribution in [0.2, 0.25) is 0 Å². The van der Waals surface area contributed by atoms with Crippen LogP contribution in [-0.2, 0) is 19.1 Å². The molecule has 1 aliphatic carbocycles. The lowest BCUT2D eigenvalue weighted by atomic mass is 10.1. The average molecular weight is 250 g/mol. The molecule has 0 fully saturated rings. The van der Waals surface area contributed by atoms with Crippen molar-refractivity contribution < 1.29 is 19.1 Å². The van der Waals surface area contributed by atoms with Crippen LogP contribution >= 0.6 is 0 Å². The van der Waals surface area contributed by atoms with Gasteiger partial charge in [0.2, 0.25) is 0 Å². The fourth-order valence-electron chi connectivity index (χ4n) is 1.55. The Morgan fingerprint density at radius 2 is 1.61 bits per heavy atom. The third-order valence-electron chi connectivity index (χ3n) is 2.44. The molecule has 0 aromatic heterocycles. The molecule has 0 N–H and O–H groups in total. The van der Waals surface area contributed by atoms with Crippen molar-refractivity contribution in [3.8, 4) is 0 Å². The van der Waals surface area contributed by atoms with Gasteiger partial charge in [-0.1, -0.05) is 17.7 Å². The molecule has 0 spiro atoms. The number of hydrogen-bond acceptors (Lipinski definition) is 4. The first-order chi connectivity index (χ1) is 8.60. The molecule has 0 unspecified atom stereocenters. The Labute approximate surface area is 107 Å². The summed E-state index contributed by atoms with van der Waals surface area (Å²) in [4.78, 5) is 23.6. The molecule has 0 radical (unpaired) electrons. The monoisotopic (exact) mass is 250 g/mol. The van der Waals surface area contributed by atoms with Crippen molar-refractivity contribution in [2.45, 2.75) is 27.2 Å². The summed E-state index contributed by atoms with van der Waals surface area (Å²) in [7, 11) is 0. The fraction of sp³-hybridized carbons (Fsp3) is 0.429. The Kier molecular flexibility index (Phi) is 5.36. The maximum atomic E-state index is 11.8. The van der Waals surface area contributed by atoms with Gasteiger partial charge in [-0.3, -0.25) is 0 Å². The van der Waals surface area contributed by atoms with Crippen molar-refractivity contribution in [2.75, 3.05) is 13.2 Å². The first-order valence-corrected chi connectivity index (χ1v) is 6.02. The van der Waals surface area contributed by atoms with E-state index in [-0.39, 0.29) is 24.4 Å². The van der Waals surface area contributed by atoms with E-state index < -0.39 is 11.9 Å². The number of allylic oxidation sites excluding steroid dienone is 4. The Hall–Kier alpha value is -1.84. The van der Waals surface area contributed by atoms with Gasteiger partial charge in [0.25, 0.3) is 0 Å². The predicted octanol–water partition coefficient (Wildman–Crippen LogP) is 2.32. The topological polar surface area (TPSA) is 52.6 Å². The maximum Gasteiger partial charge on any atom is 0.338 e. The van der Waals surface area contributed by atoms with Crippen LogP contribution in [0.5, 0.6) is 0 Å². The summed E-state index contributed by atoms with van der Waals surface area (Å²) >= 11 is 0. The Bertz CT molecular complexity index is 427. The molecule has 98 valence electrons. The minimum atomic E-state index is -0.497. The van der Waals surface area contributed by atoms with Crippen LogP contribution in [0.15, 0.2) is 34.9 Å². The van der Waals surface area contributed by atoms with E-state index in [1.807, 2.05) is 13.0 Å². The minimum absolute atomic E-state index is 0.257. The van der Waals surface area contributed by atoms with E-state index in [9.17, 15) is 9.59 Å². The van der Waals surface area contributed by atoms with Gasteiger partial charge in [-0.2, -0.15) is 0 Å². The largest absolute Gasteiger partial charge is 0.462 e. The lowest BCUT2D eigenvalue weighted by molar-refractivity contribution is -0.142. The molecular formula is C14H18O4. The van der Waals surface area contributed by atoms with Gasteiger partial charge >= 0.3 is 11.9 Å². The zero-order valence-electron chi connectivity index (χ0n) is 11.0. The summed E-state index contributed by atoms with van der Waals surface area (Å²) in [5, 5.41) is 0. The molecule has 0 aromatic carbocycles. The Morgan fingerprint density at radius 3 is 2.17 bits per heavy atom. The molecule has 0 saturated carbocycles. The van der Waals surface area contributed by atoms with Crippen molar-refractivity contribution in [1.29, 1.82) is 0 Å². The van der Waals surface area contributed by atoms with Crippen molar-refractivity contribution in [3.05, 3.63) is 34.9 Å². The molecule has 0 saturated heterocycles. The van der Waals surface area contributed by atoms with Crippen LogP contribution in [0.1, 0.15) is 27.2 Å². The number of hydrogen-bond donors (Lipinski definition) is 0. The Balaban J connectivity index is 3.04. The summed E-state index contributed by atoms with van der Waals surface area (Å²) in [6.07, 6.45) is 5.76.